The molecule has 2 aliphatic rings. The van der Waals surface area contributed by atoms with Gasteiger partial charge in [-0.1, -0.05) is 0 Å². The largest absolute Gasteiger partial charge is 0.386 e. The van der Waals surface area contributed by atoms with Gasteiger partial charge < -0.3 is 9.84 Å². The lowest BCUT2D eigenvalue weighted by atomic mass is 10.0. The number of aromatic nitrogens is 1. The topological polar surface area (TPSA) is 79.7 Å². The van der Waals surface area contributed by atoms with E-state index >= 15 is 0 Å². The SMILES string of the molecule is O=C1c2cccnc2C(=O)N1CC1(O)CCOC1. The van der Waals surface area contributed by atoms with Crippen molar-refractivity contribution in [3.8, 4) is 0 Å². The third-order valence-electron chi connectivity index (χ3n) is 3.27. The van der Waals surface area contributed by atoms with Crippen molar-refractivity contribution in [1.82, 2.24) is 9.88 Å². The molecule has 1 saturated heterocycles. The van der Waals surface area contributed by atoms with Crippen molar-refractivity contribution in [1.29, 1.82) is 0 Å². The molecule has 6 nitrogen and oxygen atoms in total. The molecule has 3 heterocycles. The lowest BCUT2D eigenvalue weighted by molar-refractivity contribution is 0.00105. The second-order valence-electron chi connectivity index (χ2n) is 4.62. The molecule has 1 N–H and O–H groups in total. The van der Waals surface area contributed by atoms with Crippen LogP contribution in [-0.4, -0.2) is 52.2 Å². The smallest absolute Gasteiger partial charge is 0.280 e. The summed E-state index contributed by atoms with van der Waals surface area (Å²) in [5.74, 6) is -0.848. The molecule has 1 atom stereocenters. The summed E-state index contributed by atoms with van der Waals surface area (Å²) in [7, 11) is 0. The number of pyridine rings is 1. The molecular formula is C12H12N2O4. The van der Waals surface area contributed by atoms with Crippen LogP contribution in [0.25, 0.3) is 0 Å². The molecule has 18 heavy (non-hydrogen) atoms. The second-order valence-corrected chi connectivity index (χ2v) is 4.62. The average Bonchev–Trinajstić information content (AvgIpc) is 2.89. The van der Waals surface area contributed by atoms with Crippen LogP contribution in [0.1, 0.15) is 27.3 Å². The number of nitrogens with zero attached hydrogens (tertiary/aromatic N) is 2. The molecule has 94 valence electrons. The number of aliphatic hydroxyl groups is 1. The first-order valence-corrected chi connectivity index (χ1v) is 5.72. The highest BCUT2D eigenvalue weighted by atomic mass is 16.5. The predicted molar refractivity (Wildman–Crippen MR) is 60.0 cm³/mol. The van der Waals surface area contributed by atoms with Crippen molar-refractivity contribution < 1.29 is 19.4 Å². The van der Waals surface area contributed by atoms with E-state index in [1.54, 1.807) is 12.1 Å². The Bertz CT molecular complexity index is 488. The first-order valence-electron chi connectivity index (χ1n) is 5.72. The van der Waals surface area contributed by atoms with Gasteiger partial charge in [-0.2, -0.15) is 0 Å². The van der Waals surface area contributed by atoms with E-state index in [0.717, 1.165) is 4.90 Å². The molecule has 0 aliphatic carbocycles. The number of ether oxygens (including phenoxy) is 1. The summed E-state index contributed by atoms with van der Waals surface area (Å²) in [6.45, 7) is 0.548. The molecule has 0 radical (unpaired) electrons. The highest BCUT2D eigenvalue weighted by molar-refractivity contribution is 6.20. The van der Waals surface area contributed by atoms with E-state index in [1.165, 1.54) is 6.20 Å². The van der Waals surface area contributed by atoms with Gasteiger partial charge in [-0.3, -0.25) is 19.5 Å². The van der Waals surface area contributed by atoms with Crippen molar-refractivity contribution in [2.24, 2.45) is 0 Å². The summed E-state index contributed by atoms with van der Waals surface area (Å²) in [5, 5.41) is 10.2. The Labute approximate surface area is 103 Å². The Kier molecular flexibility index (Phi) is 2.42. The van der Waals surface area contributed by atoms with Crippen LogP contribution < -0.4 is 0 Å². The zero-order valence-corrected chi connectivity index (χ0v) is 9.63. The molecule has 0 spiro atoms. The van der Waals surface area contributed by atoms with Gasteiger partial charge in [0.1, 0.15) is 11.3 Å². The summed E-state index contributed by atoms with van der Waals surface area (Å²) >= 11 is 0. The minimum absolute atomic E-state index is 0.0406. The lowest BCUT2D eigenvalue weighted by Gasteiger charge is -2.25. The quantitative estimate of drug-likeness (QED) is 0.735. The van der Waals surface area contributed by atoms with E-state index in [-0.39, 0.29) is 18.8 Å². The maximum atomic E-state index is 12.1. The van der Waals surface area contributed by atoms with Crippen molar-refractivity contribution in [2.45, 2.75) is 12.0 Å². The number of carbonyl (C=O) groups excluding carboxylic acids is 2. The third kappa shape index (κ3) is 1.61. The highest BCUT2D eigenvalue weighted by Gasteiger charge is 2.43. The molecule has 1 fully saturated rings. The number of amides is 2. The minimum Gasteiger partial charge on any atom is -0.386 e. The van der Waals surface area contributed by atoms with Crippen molar-refractivity contribution in [2.75, 3.05) is 19.8 Å². The lowest BCUT2D eigenvalue weighted by Crippen LogP contribution is -2.46. The fourth-order valence-electron chi connectivity index (χ4n) is 2.27. The number of hydrogen-bond acceptors (Lipinski definition) is 5. The molecule has 2 aliphatic heterocycles. The van der Waals surface area contributed by atoms with Crippen LogP contribution >= 0.6 is 0 Å². The van der Waals surface area contributed by atoms with Crippen molar-refractivity contribution in [3.63, 3.8) is 0 Å². The van der Waals surface area contributed by atoms with E-state index in [9.17, 15) is 14.7 Å². The fourth-order valence-corrected chi connectivity index (χ4v) is 2.27. The molecule has 0 aromatic carbocycles. The van der Waals surface area contributed by atoms with Crippen LogP contribution in [0.2, 0.25) is 0 Å². The van der Waals surface area contributed by atoms with Crippen LogP contribution in [0.15, 0.2) is 18.3 Å². The van der Waals surface area contributed by atoms with Gasteiger partial charge in [-0.25, -0.2) is 0 Å². The van der Waals surface area contributed by atoms with Gasteiger partial charge in [0, 0.05) is 19.2 Å². The Balaban J connectivity index is 1.88. The number of carbonyl (C=O) groups is 2. The normalized spacial score (nSPS) is 26.8. The highest BCUT2D eigenvalue weighted by Crippen LogP contribution is 2.26. The molecule has 2 amide bonds. The Hall–Kier alpha value is -1.79. The standard InChI is InChI=1S/C12H12N2O4/c15-10-8-2-1-4-13-9(8)11(16)14(10)6-12(17)3-5-18-7-12/h1-2,4,17H,3,5-7H2. The fraction of sp³-hybridized carbons (Fsp3) is 0.417. The van der Waals surface area contributed by atoms with Gasteiger partial charge in [0.25, 0.3) is 11.8 Å². The van der Waals surface area contributed by atoms with Crippen LogP contribution in [0.4, 0.5) is 0 Å². The maximum absolute atomic E-state index is 12.1. The molecule has 1 unspecified atom stereocenters. The summed E-state index contributed by atoms with van der Waals surface area (Å²) in [4.78, 5) is 29.0. The van der Waals surface area contributed by atoms with Crippen LogP contribution in [0, 0.1) is 0 Å². The molecule has 3 rings (SSSR count). The molecular weight excluding hydrogens is 236 g/mol. The first kappa shape index (κ1) is 11.3. The minimum atomic E-state index is -1.13. The maximum Gasteiger partial charge on any atom is 0.280 e. The van der Waals surface area contributed by atoms with Gasteiger partial charge in [0.15, 0.2) is 0 Å². The number of β-amino-alcohol motifs (C(OH)–C–C–N with tert-alkyl or cyclic N) is 1. The van der Waals surface area contributed by atoms with Gasteiger partial charge in [-0.05, 0) is 12.1 Å². The summed E-state index contributed by atoms with van der Waals surface area (Å²) in [5.41, 5.74) is -0.678. The zero-order valence-electron chi connectivity index (χ0n) is 9.63. The van der Waals surface area contributed by atoms with Gasteiger partial charge in [0.2, 0.25) is 0 Å². The van der Waals surface area contributed by atoms with Gasteiger partial charge >= 0.3 is 0 Å². The van der Waals surface area contributed by atoms with Gasteiger partial charge in [-0.15, -0.1) is 0 Å². The molecule has 0 bridgehead atoms. The molecule has 6 heteroatoms. The molecule has 1 aromatic heterocycles. The second kappa shape index (κ2) is 3.86. The van der Waals surface area contributed by atoms with Crippen LogP contribution in [-0.2, 0) is 4.74 Å². The number of hydrogen-bond donors (Lipinski definition) is 1. The average molecular weight is 248 g/mol. The Morgan fingerprint density at radius 2 is 2.28 bits per heavy atom. The van der Waals surface area contributed by atoms with Gasteiger partial charge in [0.05, 0.1) is 18.7 Å². The number of rotatable bonds is 2. The summed E-state index contributed by atoms with van der Waals surface area (Å²) < 4.78 is 5.10. The Morgan fingerprint density at radius 1 is 1.44 bits per heavy atom. The summed E-state index contributed by atoms with van der Waals surface area (Å²) in [6, 6.07) is 3.18. The third-order valence-corrected chi connectivity index (χ3v) is 3.27. The molecule has 0 saturated carbocycles. The van der Waals surface area contributed by atoms with E-state index in [4.69, 9.17) is 4.74 Å². The van der Waals surface area contributed by atoms with E-state index in [1.807, 2.05) is 0 Å². The molecule has 1 aromatic rings. The van der Waals surface area contributed by atoms with Crippen LogP contribution in [0.5, 0.6) is 0 Å². The monoisotopic (exact) mass is 248 g/mol. The van der Waals surface area contributed by atoms with Crippen molar-refractivity contribution >= 4 is 11.8 Å². The van der Waals surface area contributed by atoms with Crippen molar-refractivity contribution in [3.05, 3.63) is 29.6 Å². The predicted octanol–water partition coefficient (Wildman–Crippen LogP) is -0.171. The van der Waals surface area contributed by atoms with E-state index < -0.39 is 17.4 Å². The zero-order chi connectivity index (χ0) is 12.8. The van der Waals surface area contributed by atoms with E-state index in [2.05, 4.69) is 4.98 Å². The van der Waals surface area contributed by atoms with Crippen LogP contribution in [0.3, 0.4) is 0 Å². The number of imide groups is 1. The number of fused-ring (bicyclic) bond motifs is 1. The first-order chi connectivity index (χ1) is 8.61. The van der Waals surface area contributed by atoms with E-state index in [0.29, 0.717) is 18.6 Å². The Morgan fingerprint density at radius 3 is 2.94 bits per heavy atom. The summed E-state index contributed by atoms with van der Waals surface area (Å²) in [6.07, 6.45) is 1.90.